The van der Waals surface area contributed by atoms with Gasteiger partial charge in [0.2, 0.25) is 0 Å². The van der Waals surface area contributed by atoms with E-state index in [9.17, 15) is 4.79 Å². The fraction of sp³-hybridized carbons (Fsp3) is 0.478. The number of benzene rings is 1. The number of morpholine rings is 1. The monoisotopic (exact) mass is 409 g/mol. The van der Waals surface area contributed by atoms with Crippen molar-refractivity contribution in [3.05, 3.63) is 46.1 Å². The van der Waals surface area contributed by atoms with Crippen LogP contribution in [0.3, 0.4) is 0 Å². The summed E-state index contributed by atoms with van der Waals surface area (Å²) in [6, 6.07) is 6.75. The zero-order chi connectivity index (χ0) is 20.2. The highest BCUT2D eigenvalue weighted by molar-refractivity contribution is 7.17. The SMILES string of the molecule is Cc1ccc2[nH]cc(CC3COCCN3c3nc4c(s3)C(=O)CC(C)(C)C4)c2c1. The lowest BCUT2D eigenvalue weighted by Crippen LogP contribution is -2.46. The molecule has 1 saturated heterocycles. The number of fused-ring (bicyclic) bond motifs is 2. The van der Waals surface area contributed by atoms with Gasteiger partial charge in [0.15, 0.2) is 10.9 Å². The zero-order valence-corrected chi connectivity index (χ0v) is 18.1. The highest BCUT2D eigenvalue weighted by Crippen LogP contribution is 2.40. The summed E-state index contributed by atoms with van der Waals surface area (Å²) in [6.45, 7) is 8.64. The van der Waals surface area contributed by atoms with Gasteiger partial charge in [-0.2, -0.15) is 0 Å². The topological polar surface area (TPSA) is 58.2 Å². The van der Waals surface area contributed by atoms with Gasteiger partial charge in [0.05, 0.1) is 29.8 Å². The molecule has 5 rings (SSSR count). The van der Waals surface area contributed by atoms with E-state index < -0.39 is 0 Å². The quantitative estimate of drug-likeness (QED) is 0.690. The van der Waals surface area contributed by atoms with Gasteiger partial charge in [-0.3, -0.25) is 4.79 Å². The first-order valence-electron chi connectivity index (χ1n) is 10.3. The number of carbonyl (C=O) groups is 1. The summed E-state index contributed by atoms with van der Waals surface area (Å²) in [5.74, 6) is 0.247. The van der Waals surface area contributed by atoms with Gasteiger partial charge in [0.25, 0.3) is 0 Å². The number of ether oxygens (including phenoxy) is 1. The first kappa shape index (κ1) is 18.8. The van der Waals surface area contributed by atoms with Crippen molar-refractivity contribution in [3.8, 4) is 0 Å². The van der Waals surface area contributed by atoms with Gasteiger partial charge >= 0.3 is 0 Å². The molecule has 0 bridgehead atoms. The van der Waals surface area contributed by atoms with Crippen LogP contribution in [-0.2, 0) is 17.6 Å². The van der Waals surface area contributed by atoms with Crippen molar-refractivity contribution >= 4 is 33.2 Å². The maximum absolute atomic E-state index is 12.6. The van der Waals surface area contributed by atoms with Gasteiger partial charge in [0, 0.05) is 30.1 Å². The molecular formula is C23H27N3O2S. The molecule has 1 unspecified atom stereocenters. The Balaban J connectivity index is 1.45. The smallest absolute Gasteiger partial charge is 0.186 e. The summed E-state index contributed by atoms with van der Waals surface area (Å²) in [4.78, 5) is 24.2. The van der Waals surface area contributed by atoms with E-state index in [1.54, 1.807) is 11.3 Å². The first-order chi connectivity index (χ1) is 13.9. The summed E-state index contributed by atoms with van der Waals surface area (Å²) in [5.41, 5.74) is 4.74. The number of aromatic nitrogens is 2. The van der Waals surface area contributed by atoms with Crippen molar-refractivity contribution in [1.29, 1.82) is 0 Å². The number of hydrogen-bond acceptors (Lipinski definition) is 5. The number of anilines is 1. The third kappa shape index (κ3) is 3.49. The molecule has 1 fully saturated rings. The first-order valence-corrected chi connectivity index (χ1v) is 11.2. The maximum Gasteiger partial charge on any atom is 0.186 e. The lowest BCUT2D eigenvalue weighted by molar-refractivity contribution is 0.0915. The van der Waals surface area contributed by atoms with Gasteiger partial charge in [-0.05, 0) is 42.9 Å². The number of rotatable bonds is 3. The normalized spacial score (nSPS) is 21.6. The number of aryl methyl sites for hydroxylation is 1. The van der Waals surface area contributed by atoms with Crippen LogP contribution in [0.15, 0.2) is 24.4 Å². The number of aromatic amines is 1. The molecular weight excluding hydrogens is 382 g/mol. The van der Waals surface area contributed by atoms with E-state index in [1.165, 1.54) is 22.0 Å². The molecule has 1 N–H and O–H groups in total. The second kappa shape index (κ2) is 6.96. The van der Waals surface area contributed by atoms with E-state index >= 15 is 0 Å². The van der Waals surface area contributed by atoms with Gasteiger partial charge in [-0.15, -0.1) is 0 Å². The number of thiazole rings is 1. The predicted molar refractivity (Wildman–Crippen MR) is 117 cm³/mol. The summed E-state index contributed by atoms with van der Waals surface area (Å²) in [6.07, 6.45) is 4.51. The Bertz CT molecular complexity index is 1080. The van der Waals surface area contributed by atoms with Gasteiger partial charge in [-0.1, -0.05) is 36.8 Å². The average Bonchev–Trinajstić information content (AvgIpc) is 3.26. The fourth-order valence-corrected chi connectivity index (χ4v) is 5.74. The van der Waals surface area contributed by atoms with Crippen LogP contribution in [0.25, 0.3) is 10.9 Å². The van der Waals surface area contributed by atoms with Crippen molar-refractivity contribution in [2.45, 2.75) is 46.1 Å². The number of Topliss-reactive ketones (excluding diaryl/α,β-unsaturated/α-hetero) is 1. The molecule has 3 aromatic rings. The van der Waals surface area contributed by atoms with Gasteiger partial charge < -0.3 is 14.6 Å². The molecule has 29 heavy (non-hydrogen) atoms. The Morgan fingerprint density at radius 3 is 3.07 bits per heavy atom. The van der Waals surface area contributed by atoms with Crippen molar-refractivity contribution < 1.29 is 9.53 Å². The van der Waals surface area contributed by atoms with E-state index in [0.29, 0.717) is 19.6 Å². The number of ketones is 1. The number of carbonyl (C=O) groups excluding carboxylic acids is 1. The zero-order valence-electron chi connectivity index (χ0n) is 17.2. The fourth-order valence-electron chi connectivity index (χ4n) is 4.62. The van der Waals surface area contributed by atoms with Crippen molar-refractivity contribution in [2.24, 2.45) is 5.41 Å². The van der Waals surface area contributed by atoms with Crippen LogP contribution < -0.4 is 4.90 Å². The molecule has 0 amide bonds. The third-order valence-electron chi connectivity index (χ3n) is 6.08. The van der Waals surface area contributed by atoms with E-state index in [0.717, 1.165) is 35.1 Å². The van der Waals surface area contributed by atoms with E-state index in [4.69, 9.17) is 9.72 Å². The molecule has 1 atom stereocenters. The minimum atomic E-state index is 0.00172. The molecule has 3 heterocycles. The molecule has 6 heteroatoms. The molecule has 1 aliphatic carbocycles. The second-order valence-corrected chi connectivity index (χ2v) is 10.2. The van der Waals surface area contributed by atoms with Crippen LogP contribution in [0.4, 0.5) is 5.13 Å². The van der Waals surface area contributed by atoms with Crippen LogP contribution >= 0.6 is 11.3 Å². The van der Waals surface area contributed by atoms with Gasteiger partial charge in [-0.25, -0.2) is 4.98 Å². The van der Waals surface area contributed by atoms with E-state index in [1.807, 2.05) is 0 Å². The van der Waals surface area contributed by atoms with E-state index in [2.05, 4.69) is 55.1 Å². The molecule has 152 valence electrons. The van der Waals surface area contributed by atoms with Crippen LogP contribution in [0, 0.1) is 12.3 Å². The number of nitrogens with one attached hydrogen (secondary N) is 1. The van der Waals surface area contributed by atoms with Crippen LogP contribution in [-0.4, -0.2) is 41.6 Å². The highest BCUT2D eigenvalue weighted by Gasteiger charge is 2.36. The number of nitrogens with zero attached hydrogens (tertiary/aromatic N) is 2. The third-order valence-corrected chi connectivity index (χ3v) is 7.25. The molecule has 2 aliphatic rings. The summed E-state index contributed by atoms with van der Waals surface area (Å²) in [5, 5.41) is 2.26. The molecule has 0 saturated carbocycles. The van der Waals surface area contributed by atoms with Crippen molar-refractivity contribution in [2.75, 3.05) is 24.7 Å². The largest absolute Gasteiger partial charge is 0.377 e. The lowest BCUT2D eigenvalue weighted by Gasteiger charge is -2.35. The standard InChI is InChI=1S/C23H27N3O2S/c1-14-4-5-18-17(8-14)15(12-24-18)9-16-13-28-7-6-26(16)22-25-19-10-23(2,3)11-20(27)21(19)29-22/h4-5,8,12,16,24H,6-7,9-11,13H2,1-3H3. The molecule has 2 aromatic heterocycles. The molecule has 5 nitrogen and oxygen atoms in total. The maximum atomic E-state index is 12.6. The summed E-state index contributed by atoms with van der Waals surface area (Å²) >= 11 is 1.58. The highest BCUT2D eigenvalue weighted by atomic mass is 32.1. The molecule has 0 radical (unpaired) electrons. The number of hydrogen-bond donors (Lipinski definition) is 1. The lowest BCUT2D eigenvalue weighted by atomic mass is 9.78. The Kier molecular flexibility index (Phi) is 4.51. The van der Waals surface area contributed by atoms with Crippen LogP contribution in [0.2, 0.25) is 0 Å². The van der Waals surface area contributed by atoms with Crippen molar-refractivity contribution in [1.82, 2.24) is 9.97 Å². The van der Waals surface area contributed by atoms with Crippen LogP contribution in [0.1, 0.15) is 46.8 Å². The summed E-state index contributed by atoms with van der Waals surface area (Å²) in [7, 11) is 0. The van der Waals surface area contributed by atoms with Gasteiger partial charge in [0.1, 0.15) is 0 Å². The van der Waals surface area contributed by atoms with Crippen LogP contribution in [0.5, 0.6) is 0 Å². The Hall–Kier alpha value is -2.18. The Labute approximate surface area is 175 Å². The van der Waals surface area contributed by atoms with Crippen molar-refractivity contribution in [3.63, 3.8) is 0 Å². The predicted octanol–water partition coefficient (Wildman–Crippen LogP) is 4.54. The summed E-state index contributed by atoms with van der Waals surface area (Å²) < 4.78 is 5.83. The van der Waals surface area contributed by atoms with E-state index in [-0.39, 0.29) is 17.2 Å². The second-order valence-electron chi connectivity index (χ2n) is 9.20. The Morgan fingerprint density at radius 1 is 1.34 bits per heavy atom. The molecule has 1 aromatic carbocycles. The molecule has 0 spiro atoms. The average molecular weight is 410 g/mol. The number of H-pyrrole nitrogens is 1. The Morgan fingerprint density at radius 2 is 2.21 bits per heavy atom. The minimum Gasteiger partial charge on any atom is -0.377 e. The molecule has 1 aliphatic heterocycles. The minimum absolute atomic E-state index is 0.00172.